The number of carbonyl (C=O) groups excluding carboxylic acids is 2. The van der Waals surface area contributed by atoms with Crippen LogP contribution in [-0.2, 0) is 9.53 Å². The highest BCUT2D eigenvalue weighted by atomic mass is 32.2. The van der Waals surface area contributed by atoms with E-state index in [9.17, 15) is 9.59 Å². The number of esters is 1. The van der Waals surface area contributed by atoms with Crippen molar-refractivity contribution in [3.63, 3.8) is 0 Å². The Morgan fingerprint density at radius 2 is 1.76 bits per heavy atom. The van der Waals surface area contributed by atoms with E-state index in [1.54, 1.807) is 25.1 Å². The van der Waals surface area contributed by atoms with E-state index >= 15 is 0 Å². The number of hydrogen-bond acceptors (Lipinski definition) is 6. The molecule has 0 bridgehead atoms. The minimum absolute atomic E-state index is 0.318. The molecular formula is C19H20O5S. The molecule has 0 fully saturated rings. The summed E-state index contributed by atoms with van der Waals surface area (Å²) in [5, 5.41) is -0.414. The van der Waals surface area contributed by atoms with Gasteiger partial charge in [-0.25, -0.2) is 0 Å². The smallest absolute Gasteiger partial charge is 0.319 e. The lowest BCUT2D eigenvalue weighted by molar-refractivity contribution is -0.141. The van der Waals surface area contributed by atoms with E-state index in [2.05, 4.69) is 0 Å². The van der Waals surface area contributed by atoms with Crippen molar-refractivity contribution in [1.29, 1.82) is 0 Å². The molecule has 0 spiro atoms. The zero-order valence-corrected chi connectivity index (χ0v) is 15.2. The van der Waals surface area contributed by atoms with Crippen LogP contribution in [0.2, 0.25) is 0 Å². The van der Waals surface area contributed by atoms with Crippen molar-refractivity contribution in [2.75, 3.05) is 20.8 Å². The fourth-order valence-electron chi connectivity index (χ4n) is 2.12. The number of hydrogen-bond donors (Lipinski definition) is 0. The first-order valence-electron chi connectivity index (χ1n) is 7.68. The van der Waals surface area contributed by atoms with Gasteiger partial charge in [0, 0.05) is 4.90 Å². The molecule has 25 heavy (non-hydrogen) atoms. The summed E-state index contributed by atoms with van der Waals surface area (Å²) in [6, 6.07) is 14.5. The van der Waals surface area contributed by atoms with E-state index in [4.69, 9.17) is 14.2 Å². The van der Waals surface area contributed by atoms with Crippen LogP contribution in [0.25, 0.3) is 0 Å². The van der Waals surface area contributed by atoms with Gasteiger partial charge in [-0.05, 0) is 37.3 Å². The maximum Gasteiger partial charge on any atom is 0.319 e. The van der Waals surface area contributed by atoms with Crippen LogP contribution < -0.4 is 9.47 Å². The minimum atomic E-state index is -0.441. The van der Waals surface area contributed by atoms with Crippen molar-refractivity contribution >= 4 is 23.5 Å². The normalized spacial score (nSPS) is 11.5. The monoisotopic (exact) mass is 360 g/mol. The summed E-state index contributed by atoms with van der Waals surface area (Å²) in [7, 11) is 2.99. The zero-order valence-electron chi connectivity index (χ0n) is 14.4. The average Bonchev–Trinajstić information content (AvgIpc) is 2.65. The van der Waals surface area contributed by atoms with Crippen LogP contribution >= 0.6 is 11.8 Å². The van der Waals surface area contributed by atoms with Gasteiger partial charge in [-0.1, -0.05) is 18.2 Å². The second kappa shape index (κ2) is 9.13. The van der Waals surface area contributed by atoms with Crippen LogP contribution in [0, 0.1) is 0 Å². The molecule has 5 nitrogen and oxygen atoms in total. The lowest BCUT2D eigenvalue weighted by Gasteiger charge is -2.12. The fourth-order valence-corrected chi connectivity index (χ4v) is 3.00. The molecule has 6 heteroatoms. The van der Waals surface area contributed by atoms with E-state index in [1.165, 1.54) is 26.0 Å². The van der Waals surface area contributed by atoms with Gasteiger partial charge < -0.3 is 14.2 Å². The molecule has 0 saturated carbocycles. The van der Waals surface area contributed by atoms with Crippen molar-refractivity contribution in [2.45, 2.75) is 17.1 Å². The molecule has 2 aromatic carbocycles. The molecule has 0 heterocycles. The van der Waals surface area contributed by atoms with Gasteiger partial charge in [0.2, 0.25) is 5.78 Å². The Balaban J connectivity index is 1.96. The Labute approximate surface area is 151 Å². The second-order valence-corrected chi connectivity index (χ2v) is 6.58. The molecule has 1 atom stereocenters. The molecule has 0 aliphatic heterocycles. The standard InChI is InChI=1S/C19H20O5S/c1-13(25-15-7-5-4-6-8-15)19(21)24-12-17(20)16-11-14(22-2)9-10-18(16)23-3/h4-11,13H,12H2,1-3H3/t13-/m1/s1. The Kier molecular flexibility index (Phi) is 6.89. The van der Waals surface area contributed by atoms with E-state index in [0.29, 0.717) is 17.1 Å². The van der Waals surface area contributed by atoms with Gasteiger partial charge in [-0.15, -0.1) is 11.8 Å². The summed E-state index contributed by atoms with van der Waals surface area (Å²) in [6.45, 7) is 1.40. The zero-order chi connectivity index (χ0) is 18.2. The van der Waals surface area contributed by atoms with Crippen molar-refractivity contribution in [3.8, 4) is 11.5 Å². The largest absolute Gasteiger partial charge is 0.497 e. The number of thioether (sulfide) groups is 1. The molecule has 0 saturated heterocycles. The van der Waals surface area contributed by atoms with Gasteiger partial charge >= 0.3 is 5.97 Å². The molecule has 0 aliphatic rings. The van der Waals surface area contributed by atoms with Gasteiger partial charge in [0.1, 0.15) is 16.7 Å². The van der Waals surface area contributed by atoms with Crippen LogP contribution in [0.4, 0.5) is 0 Å². The summed E-state index contributed by atoms with van der Waals surface area (Å²) in [5.41, 5.74) is 0.318. The first-order valence-corrected chi connectivity index (χ1v) is 8.56. The number of benzene rings is 2. The first kappa shape index (κ1) is 18.9. The topological polar surface area (TPSA) is 61.8 Å². The Bertz CT molecular complexity index is 730. The van der Waals surface area contributed by atoms with E-state index in [1.807, 2.05) is 30.3 Å². The number of ether oxygens (including phenoxy) is 3. The van der Waals surface area contributed by atoms with Crippen LogP contribution in [-0.4, -0.2) is 37.8 Å². The van der Waals surface area contributed by atoms with Crippen molar-refractivity contribution in [1.82, 2.24) is 0 Å². The SMILES string of the molecule is COc1ccc(OC)c(C(=O)COC(=O)[C@@H](C)Sc2ccccc2)c1. The average molecular weight is 360 g/mol. The third-order valence-electron chi connectivity index (χ3n) is 3.44. The summed E-state index contributed by atoms with van der Waals surface area (Å²) < 4.78 is 15.5. The van der Waals surface area contributed by atoms with Crippen LogP contribution in [0.5, 0.6) is 11.5 Å². The Morgan fingerprint density at radius 3 is 2.40 bits per heavy atom. The predicted molar refractivity (Wildman–Crippen MR) is 96.6 cm³/mol. The van der Waals surface area contributed by atoms with Crippen molar-refractivity contribution < 1.29 is 23.8 Å². The molecule has 2 rings (SSSR count). The highest BCUT2D eigenvalue weighted by Crippen LogP contribution is 2.25. The van der Waals surface area contributed by atoms with Crippen molar-refractivity contribution in [2.24, 2.45) is 0 Å². The number of Topliss-reactive ketones (excluding diaryl/α,β-unsaturated/α-hetero) is 1. The third-order valence-corrected chi connectivity index (χ3v) is 4.53. The van der Waals surface area contributed by atoms with Gasteiger partial charge in [0.15, 0.2) is 6.61 Å². The molecule has 0 radical (unpaired) electrons. The van der Waals surface area contributed by atoms with Gasteiger partial charge in [-0.2, -0.15) is 0 Å². The Hall–Kier alpha value is -2.47. The lowest BCUT2D eigenvalue weighted by atomic mass is 10.1. The third kappa shape index (κ3) is 5.26. The van der Waals surface area contributed by atoms with Gasteiger partial charge in [0.25, 0.3) is 0 Å². The molecule has 2 aromatic rings. The quantitative estimate of drug-likeness (QED) is 0.407. The Morgan fingerprint density at radius 1 is 1.04 bits per heavy atom. The highest BCUT2D eigenvalue weighted by Gasteiger charge is 2.20. The predicted octanol–water partition coefficient (Wildman–Crippen LogP) is 3.61. The van der Waals surface area contributed by atoms with E-state index in [-0.39, 0.29) is 12.4 Å². The van der Waals surface area contributed by atoms with Gasteiger partial charge in [-0.3, -0.25) is 9.59 Å². The summed E-state index contributed by atoms with van der Waals surface area (Å²) >= 11 is 1.38. The second-order valence-electron chi connectivity index (χ2n) is 5.17. The molecule has 132 valence electrons. The molecule has 0 N–H and O–H groups in total. The van der Waals surface area contributed by atoms with E-state index < -0.39 is 11.2 Å². The fraction of sp³-hybridized carbons (Fsp3) is 0.263. The maximum absolute atomic E-state index is 12.4. The maximum atomic E-state index is 12.4. The molecule has 0 amide bonds. The van der Waals surface area contributed by atoms with Gasteiger partial charge in [0.05, 0.1) is 19.8 Å². The highest BCUT2D eigenvalue weighted by molar-refractivity contribution is 8.00. The first-order chi connectivity index (χ1) is 12.0. The minimum Gasteiger partial charge on any atom is -0.497 e. The molecule has 0 aliphatic carbocycles. The number of methoxy groups -OCH3 is 2. The van der Waals surface area contributed by atoms with E-state index in [0.717, 1.165) is 4.90 Å². The number of ketones is 1. The molecule has 0 aromatic heterocycles. The summed E-state index contributed by atoms with van der Waals surface area (Å²) in [5.74, 6) is 0.155. The van der Waals surface area contributed by atoms with Crippen molar-refractivity contribution in [3.05, 3.63) is 54.1 Å². The molecular weight excluding hydrogens is 340 g/mol. The summed E-state index contributed by atoms with van der Waals surface area (Å²) in [4.78, 5) is 25.4. The van der Waals surface area contributed by atoms with Crippen LogP contribution in [0.15, 0.2) is 53.4 Å². The lowest BCUT2D eigenvalue weighted by Crippen LogP contribution is -2.21. The molecule has 0 unspecified atom stereocenters. The summed E-state index contributed by atoms with van der Waals surface area (Å²) in [6.07, 6.45) is 0. The number of rotatable bonds is 8. The van der Waals surface area contributed by atoms with Crippen LogP contribution in [0.3, 0.4) is 0 Å². The van der Waals surface area contributed by atoms with Crippen LogP contribution in [0.1, 0.15) is 17.3 Å². The number of carbonyl (C=O) groups is 2.